The van der Waals surface area contributed by atoms with Crippen LogP contribution in [0.4, 0.5) is 0 Å². The summed E-state index contributed by atoms with van der Waals surface area (Å²) in [6.45, 7) is 0. The fourth-order valence-electron chi connectivity index (χ4n) is 0.530. The van der Waals surface area contributed by atoms with Gasteiger partial charge in [0.2, 0.25) is 0 Å². The SMILES string of the molecule is N#[C][Fe-3]([C]#N)([C]#N)([C]#N)([C]#N)[C]#N.N#[C][Fe-3]([C]#N)([C]#N)([C]#N)([C]#N)[C]#N.[Co+2].[Co+2].[Co+2].[KH].[KH].[KH]. The molecule has 3 radical (unpaired) electrons. The van der Waals surface area contributed by atoms with Gasteiger partial charge in [-0.3, -0.25) is 0 Å². The predicted octanol–water partition coefficient (Wildman–Crippen LogP) is -1.76. The third-order valence-electron chi connectivity index (χ3n) is 2.37. The van der Waals surface area contributed by atoms with E-state index in [1.807, 2.05) is 0 Å². The van der Waals surface area contributed by atoms with Crippen LogP contribution in [0.2, 0.25) is 0 Å². The summed E-state index contributed by atoms with van der Waals surface area (Å²) < 4.78 is 0. The molecule has 0 saturated carbocycles. The van der Waals surface area contributed by atoms with Gasteiger partial charge in [0, 0.05) is 0 Å². The standard InChI is InChI=1S/12CN.3Co.2Fe.3K.3H/c12*1-2;;;;;;;;;;;/q;;;;;;;;;;;;3*+2;2*-3;;;;;;. The number of nitriles is 12. The number of hydrogen-bond acceptors (Lipinski definition) is 12. The molecular weight excluding hydrogens is 718 g/mol. The summed E-state index contributed by atoms with van der Waals surface area (Å²) in [5.41, 5.74) is 0. The molecule has 0 rings (SSSR count). The molecule has 0 aliphatic carbocycles. The van der Waals surface area contributed by atoms with E-state index >= 15 is 0 Å². The zero-order chi connectivity index (χ0) is 21.3. The van der Waals surface area contributed by atoms with Gasteiger partial charge in [-0.05, 0) is 0 Å². The van der Waals surface area contributed by atoms with E-state index in [0.29, 0.717) is 0 Å². The summed E-state index contributed by atoms with van der Waals surface area (Å²) in [7, 11) is -12.3. The maximum atomic E-state index is 8.58. The molecule has 12 nitrogen and oxygen atoms in total. The Balaban J connectivity index is -0.0000000505. The minimum atomic E-state index is -6.17. The summed E-state index contributed by atoms with van der Waals surface area (Å²) in [5.74, 6) is 0. The number of nitrogens with zero attached hydrogens (tertiary/aromatic N) is 12. The second kappa shape index (κ2) is 16.9. The summed E-state index contributed by atoms with van der Waals surface area (Å²) >= 11 is 0. The van der Waals surface area contributed by atoms with Crippen LogP contribution in [0.25, 0.3) is 0 Å². The Morgan fingerprint density at radius 3 is 0.312 bits per heavy atom. The maximum absolute atomic E-state index is 8.58. The van der Waals surface area contributed by atoms with E-state index in [2.05, 4.69) is 0 Å². The first-order valence-electron chi connectivity index (χ1n) is 4.80. The van der Waals surface area contributed by atoms with Crippen molar-refractivity contribution in [2.24, 2.45) is 0 Å². The Morgan fingerprint density at radius 2 is 0.312 bits per heavy atom. The molecule has 32 heavy (non-hydrogen) atoms. The molecule has 0 aromatic rings. The van der Waals surface area contributed by atoms with Crippen molar-refractivity contribution in [1.29, 1.82) is 63.1 Å². The van der Waals surface area contributed by atoms with Crippen molar-refractivity contribution in [3.8, 4) is 59.6 Å². The van der Waals surface area contributed by atoms with Crippen LogP contribution >= 0.6 is 0 Å². The Bertz CT molecular complexity index is 904. The number of hydrogen-bond donors (Lipinski definition) is 0. The average Bonchev–Trinajstić information content (AvgIpc) is 2.77. The number of rotatable bonds is 0. The van der Waals surface area contributed by atoms with Gasteiger partial charge in [0.1, 0.15) is 0 Å². The minimum absolute atomic E-state index is 0. The fraction of sp³-hybridized carbons (Fsp3) is 0. The zero-order valence-electron chi connectivity index (χ0n) is 13.1. The van der Waals surface area contributed by atoms with Gasteiger partial charge in [-0.25, -0.2) is 0 Å². The van der Waals surface area contributed by atoms with Crippen molar-refractivity contribution in [3.05, 3.63) is 0 Å². The molecule has 0 unspecified atom stereocenters. The Morgan fingerprint density at radius 1 is 0.250 bits per heavy atom. The molecule has 0 saturated heterocycles. The second-order valence-electron chi connectivity index (χ2n) is 3.60. The Labute approximate surface area is 340 Å². The first kappa shape index (κ1) is 54.3. The van der Waals surface area contributed by atoms with Crippen LogP contribution in [0.3, 0.4) is 0 Å². The monoisotopic (exact) mass is 721 g/mol. The molecule has 0 aromatic carbocycles. The van der Waals surface area contributed by atoms with Crippen molar-refractivity contribution >= 4 is 154 Å². The summed E-state index contributed by atoms with van der Waals surface area (Å²) in [5, 5.41) is 103. The van der Waals surface area contributed by atoms with Crippen LogP contribution in [0.5, 0.6) is 0 Å². The molecule has 0 aliphatic rings. The topological polar surface area (TPSA) is 285 Å². The van der Waals surface area contributed by atoms with Crippen LogP contribution < -0.4 is 0 Å². The molecule has 0 spiro atoms. The summed E-state index contributed by atoms with van der Waals surface area (Å²) in [6.07, 6.45) is 0. The Hall–Kier alpha value is 1.35. The van der Waals surface area contributed by atoms with Crippen molar-refractivity contribution in [1.82, 2.24) is 0 Å². The average molecular weight is 721 g/mol. The van der Waals surface area contributed by atoms with Crippen LogP contribution in [-0.2, 0) is 71.8 Å². The van der Waals surface area contributed by atoms with Crippen molar-refractivity contribution in [2.75, 3.05) is 0 Å². The molecule has 0 atom stereocenters. The van der Waals surface area contributed by atoms with Crippen molar-refractivity contribution < 1.29 is 71.8 Å². The molecule has 0 heterocycles. The summed E-state index contributed by atoms with van der Waals surface area (Å²) in [6, 6.07) is 0. The van der Waals surface area contributed by atoms with Crippen LogP contribution in [0.1, 0.15) is 0 Å². The predicted molar refractivity (Wildman–Crippen MR) is 88.8 cm³/mol. The molecule has 20 heteroatoms. The quantitative estimate of drug-likeness (QED) is 0.252. The molecule has 0 fully saturated rings. The van der Waals surface area contributed by atoms with Gasteiger partial charge in [0.15, 0.2) is 0 Å². The summed E-state index contributed by atoms with van der Waals surface area (Å²) in [4.78, 5) is 12.4. The van der Waals surface area contributed by atoms with E-state index in [-0.39, 0.29) is 204 Å². The van der Waals surface area contributed by atoms with E-state index in [1.54, 1.807) is 0 Å². The first-order chi connectivity index (χ1) is 11.9. The third kappa shape index (κ3) is 7.67. The van der Waals surface area contributed by atoms with E-state index < -0.39 is 21.5 Å². The van der Waals surface area contributed by atoms with Gasteiger partial charge >= 0.3 is 349 Å². The van der Waals surface area contributed by atoms with Gasteiger partial charge < -0.3 is 0 Å². The van der Waals surface area contributed by atoms with Gasteiger partial charge in [-0.15, -0.1) is 0 Å². The van der Waals surface area contributed by atoms with E-state index in [9.17, 15) is 0 Å². The fourth-order valence-corrected chi connectivity index (χ4v) is 2.19. The van der Waals surface area contributed by atoms with E-state index in [4.69, 9.17) is 63.1 Å². The van der Waals surface area contributed by atoms with Crippen molar-refractivity contribution in [3.63, 3.8) is 0 Å². The Kier molecular flexibility index (Phi) is 28.7. The van der Waals surface area contributed by atoms with Crippen molar-refractivity contribution in [2.45, 2.75) is 0 Å². The van der Waals surface area contributed by atoms with E-state index in [1.165, 1.54) is 0 Å². The van der Waals surface area contributed by atoms with Gasteiger partial charge in [-0.2, -0.15) is 0 Å². The second-order valence-corrected chi connectivity index (χ2v) is 14.8. The third-order valence-corrected chi connectivity index (χ3v) is 9.78. The van der Waals surface area contributed by atoms with Gasteiger partial charge in [0.05, 0.1) is 0 Å². The molecule has 0 bridgehead atoms. The molecule has 0 aromatic heterocycles. The van der Waals surface area contributed by atoms with Crippen LogP contribution in [-0.4, -0.2) is 154 Å². The molecule has 157 valence electrons. The first-order valence-corrected chi connectivity index (χ1v) is 11.4. The molecule has 0 amide bonds. The molecule has 0 aliphatic heterocycles. The molecular formula is C12H3Co3Fe2K3N12. The van der Waals surface area contributed by atoms with Crippen LogP contribution in [0, 0.1) is 123 Å². The van der Waals surface area contributed by atoms with Gasteiger partial charge in [0.25, 0.3) is 0 Å². The zero-order valence-corrected chi connectivity index (χ0v) is 18.4. The normalized spacial score (nSPS) is 10.9. The van der Waals surface area contributed by atoms with Gasteiger partial charge in [-0.1, -0.05) is 0 Å². The van der Waals surface area contributed by atoms with E-state index in [0.717, 1.165) is 59.6 Å². The van der Waals surface area contributed by atoms with Crippen LogP contribution in [0.15, 0.2) is 0 Å². The molecule has 0 N–H and O–H groups in total.